The van der Waals surface area contributed by atoms with E-state index >= 15 is 0 Å². The Kier molecular flexibility index (Phi) is 14.2. The van der Waals surface area contributed by atoms with Crippen molar-refractivity contribution < 1.29 is 29.4 Å². The van der Waals surface area contributed by atoms with Gasteiger partial charge in [-0.2, -0.15) is 0 Å². The molecule has 4 atom stereocenters. The summed E-state index contributed by atoms with van der Waals surface area (Å²) in [6.07, 6.45) is 9.27. The largest absolute Gasteiger partial charge is 0.392 e. The summed E-state index contributed by atoms with van der Waals surface area (Å²) < 4.78 is 13.4. The van der Waals surface area contributed by atoms with Gasteiger partial charge in [0.25, 0.3) is 0 Å². The molecule has 0 saturated carbocycles. The van der Waals surface area contributed by atoms with Crippen molar-refractivity contribution in [1.82, 2.24) is 20.6 Å². The Morgan fingerprint density at radius 1 is 0.750 bits per heavy atom. The Hall–Kier alpha value is -3.64. The van der Waals surface area contributed by atoms with Crippen molar-refractivity contribution in [3.63, 3.8) is 0 Å². The van der Waals surface area contributed by atoms with E-state index in [1.165, 1.54) is 38.8 Å². The predicted octanol–water partition coefficient (Wildman–Crippen LogP) is 6.41. The molecular formula is C42H56N4O6. The van der Waals surface area contributed by atoms with Crippen LogP contribution in [0, 0.1) is 0 Å². The first-order valence-electron chi connectivity index (χ1n) is 19.3. The molecule has 3 saturated heterocycles. The average molecular weight is 713 g/mol. The van der Waals surface area contributed by atoms with Crippen molar-refractivity contribution in [2.45, 2.75) is 108 Å². The van der Waals surface area contributed by atoms with Crippen LogP contribution in [0.5, 0.6) is 0 Å². The maximum Gasteiger partial charge on any atom is 0.243 e. The molecule has 10 nitrogen and oxygen atoms in total. The number of ether oxygens (including phenoxy) is 2. The lowest BCUT2D eigenvalue weighted by Gasteiger charge is -2.39. The van der Waals surface area contributed by atoms with Crippen molar-refractivity contribution in [3.05, 3.63) is 95.1 Å². The van der Waals surface area contributed by atoms with Gasteiger partial charge in [-0.05, 0) is 92.0 Å². The lowest BCUT2D eigenvalue weighted by atomic mass is 9.98. The van der Waals surface area contributed by atoms with E-state index in [0.717, 1.165) is 78.7 Å². The van der Waals surface area contributed by atoms with Crippen LogP contribution >= 0.6 is 0 Å². The first kappa shape index (κ1) is 38.1. The van der Waals surface area contributed by atoms with Gasteiger partial charge in [0.15, 0.2) is 6.29 Å². The maximum absolute atomic E-state index is 12.4. The van der Waals surface area contributed by atoms with E-state index in [2.05, 4.69) is 63.6 Å². The molecule has 10 heteroatoms. The normalized spacial score (nSPS) is 22.4. The summed E-state index contributed by atoms with van der Waals surface area (Å²) in [4.78, 5) is 28.8. The molecule has 3 fully saturated rings. The van der Waals surface area contributed by atoms with Gasteiger partial charge in [-0.25, -0.2) is 5.48 Å². The Balaban J connectivity index is 1.06. The molecular weight excluding hydrogens is 656 g/mol. The monoisotopic (exact) mass is 712 g/mol. The van der Waals surface area contributed by atoms with Gasteiger partial charge in [0.1, 0.15) is 0 Å². The highest BCUT2D eigenvalue weighted by molar-refractivity contribution is 5.76. The summed E-state index contributed by atoms with van der Waals surface area (Å²) in [5, 5.41) is 21.2. The van der Waals surface area contributed by atoms with Gasteiger partial charge in [0.2, 0.25) is 11.8 Å². The minimum absolute atomic E-state index is 0.0168. The molecule has 0 bridgehead atoms. The third-order valence-electron chi connectivity index (χ3n) is 10.8. The van der Waals surface area contributed by atoms with Gasteiger partial charge < -0.3 is 24.8 Å². The number of aliphatic hydroxyl groups is 1. The van der Waals surface area contributed by atoms with Crippen molar-refractivity contribution in [2.75, 3.05) is 32.7 Å². The smallest absolute Gasteiger partial charge is 0.243 e. The predicted molar refractivity (Wildman–Crippen MR) is 200 cm³/mol. The molecule has 0 unspecified atom stereocenters. The molecule has 0 aliphatic carbocycles. The Bertz CT molecular complexity index is 1560. The van der Waals surface area contributed by atoms with Crippen LogP contribution in [0.3, 0.4) is 0 Å². The quantitative estimate of drug-likeness (QED) is 0.0720. The molecule has 4 N–H and O–H groups in total. The number of hydroxylamine groups is 1. The van der Waals surface area contributed by atoms with Crippen molar-refractivity contribution >= 4 is 11.8 Å². The molecule has 280 valence electrons. The highest BCUT2D eigenvalue weighted by atomic mass is 16.7. The van der Waals surface area contributed by atoms with E-state index in [1.807, 2.05) is 24.3 Å². The summed E-state index contributed by atoms with van der Waals surface area (Å²) in [5.74, 6) is -0.357. The second-order valence-electron chi connectivity index (χ2n) is 14.7. The standard InChI is InChI=1S/C42H56N4O6/c47-30-31-14-16-34(17-15-31)39-26-38(29-46-24-8-11-37(46)28-45-22-5-6-23-45)51-42(52-39)35-20-18-33(19-21-35)36-10-7-9-32(25-36)27-43-40(48)12-3-1-2-4-13-41(49)44-50/h7,9-10,14-21,25,37-39,42,47,50H,1-6,8,11-13,22-24,26-30H2,(H,43,48)(H,44,49)/t37-,38-,39+,42+/m0/s1. The molecule has 0 radical (unpaired) electrons. The fourth-order valence-electron chi connectivity index (χ4n) is 7.86. The van der Waals surface area contributed by atoms with Crippen molar-refractivity contribution in [2.24, 2.45) is 0 Å². The van der Waals surface area contributed by atoms with Crippen LogP contribution in [0.1, 0.15) is 105 Å². The number of likely N-dealkylation sites (tertiary alicyclic amines) is 2. The first-order chi connectivity index (χ1) is 25.5. The number of benzene rings is 3. The van der Waals surface area contributed by atoms with E-state index < -0.39 is 6.29 Å². The zero-order valence-electron chi connectivity index (χ0n) is 30.4. The Labute approximate surface area is 308 Å². The van der Waals surface area contributed by atoms with Gasteiger partial charge in [-0.1, -0.05) is 79.6 Å². The number of hydrogen-bond donors (Lipinski definition) is 4. The molecule has 0 spiro atoms. The molecule has 52 heavy (non-hydrogen) atoms. The van der Waals surface area contributed by atoms with E-state index in [-0.39, 0.29) is 30.6 Å². The number of hydrogen-bond acceptors (Lipinski definition) is 8. The zero-order valence-corrected chi connectivity index (χ0v) is 30.4. The Morgan fingerprint density at radius 2 is 1.48 bits per heavy atom. The molecule has 3 aliphatic rings. The first-order valence-corrected chi connectivity index (χ1v) is 19.3. The lowest BCUT2D eigenvalue weighted by molar-refractivity contribution is -0.253. The summed E-state index contributed by atoms with van der Waals surface area (Å²) >= 11 is 0. The zero-order chi connectivity index (χ0) is 36.1. The molecule has 3 aromatic rings. The number of aliphatic hydroxyl groups excluding tert-OH is 1. The summed E-state index contributed by atoms with van der Waals surface area (Å²) in [5.41, 5.74) is 7.82. The fourth-order valence-corrected chi connectivity index (χ4v) is 7.86. The molecule has 6 rings (SSSR count). The third-order valence-corrected chi connectivity index (χ3v) is 10.8. The van der Waals surface area contributed by atoms with E-state index in [0.29, 0.717) is 31.8 Å². The van der Waals surface area contributed by atoms with Gasteiger partial charge in [-0.3, -0.25) is 19.7 Å². The van der Waals surface area contributed by atoms with E-state index in [4.69, 9.17) is 14.7 Å². The average Bonchev–Trinajstić information content (AvgIpc) is 3.87. The Morgan fingerprint density at radius 3 is 2.21 bits per heavy atom. The van der Waals surface area contributed by atoms with Crippen LogP contribution in [-0.4, -0.2) is 76.8 Å². The number of unbranched alkanes of at least 4 members (excludes halogenated alkanes) is 3. The highest BCUT2D eigenvalue weighted by Gasteiger charge is 2.36. The number of carbonyl (C=O) groups is 2. The summed E-state index contributed by atoms with van der Waals surface area (Å²) in [6.45, 7) is 6.11. The number of nitrogens with zero attached hydrogens (tertiary/aromatic N) is 2. The topological polar surface area (TPSA) is 124 Å². The van der Waals surface area contributed by atoms with Crippen molar-refractivity contribution in [1.29, 1.82) is 0 Å². The van der Waals surface area contributed by atoms with Crippen LogP contribution in [0.4, 0.5) is 0 Å². The minimum Gasteiger partial charge on any atom is -0.392 e. The van der Waals surface area contributed by atoms with Gasteiger partial charge in [0, 0.05) is 50.5 Å². The second-order valence-corrected chi connectivity index (χ2v) is 14.7. The van der Waals surface area contributed by atoms with Crippen LogP contribution in [0.25, 0.3) is 11.1 Å². The number of carbonyl (C=O) groups excluding carboxylic acids is 2. The van der Waals surface area contributed by atoms with Crippen LogP contribution < -0.4 is 10.8 Å². The fraction of sp³-hybridized carbons (Fsp3) is 0.524. The van der Waals surface area contributed by atoms with E-state index in [1.54, 1.807) is 5.48 Å². The van der Waals surface area contributed by atoms with Crippen LogP contribution in [-0.2, 0) is 32.2 Å². The van der Waals surface area contributed by atoms with Crippen LogP contribution in [0.15, 0.2) is 72.8 Å². The van der Waals surface area contributed by atoms with Crippen LogP contribution in [0.2, 0.25) is 0 Å². The molecule has 0 aromatic heterocycles. The van der Waals surface area contributed by atoms with Gasteiger partial charge in [-0.15, -0.1) is 0 Å². The van der Waals surface area contributed by atoms with Crippen molar-refractivity contribution in [3.8, 4) is 11.1 Å². The maximum atomic E-state index is 12.4. The van der Waals surface area contributed by atoms with E-state index in [9.17, 15) is 14.7 Å². The van der Waals surface area contributed by atoms with Gasteiger partial charge >= 0.3 is 0 Å². The second kappa shape index (κ2) is 19.4. The minimum atomic E-state index is -0.489. The SMILES string of the molecule is O=C(CCCCCCC(=O)NCc1cccc(-c2ccc([C@@H]3O[C@H](CN4CCC[C@H]4CN4CCCC4)C[C@H](c4ccc(CO)cc4)O3)cc2)c1)NO. The summed E-state index contributed by atoms with van der Waals surface area (Å²) in [7, 11) is 0. The highest BCUT2D eigenvalue weighted by Crippen LogP contribution is 2.39. The number of nitrogens with one attached hydrogen (secondary N) is 2. The number of rotatable bonds is 17. The number of amides is 2. The lowest BCUT2D eigenvalue weighted by Crippen LogP contribution is -2.45. The third kappa shape index (κ3) is 10.9. The molecule has 2 amide bonds. The van der Waals surface area contributed by atoms with Gasteiger partial charge in [0.05, 0.1) is 18.8 Å². The summed E-state index contributed by atoms with van der Waals surface area (Å²) in [6, 6.07) is 25.4. The molecule has 3 heterocycles. The molecule has 3 aromatic carbocycles. The molecule has 3 aliphatic heterocycles.